The molecule has 1 unspecified atom stereocenters. The number of aryl methyl sites for hydroxylation is 2. The van der Waals surface area contributed by atoms with Crippen molar-refractivity contribution in [3.05, 3.63) is 49.9 Å². The highest BCUT2D eigenvalue weighted by Crippen LogP contribution is 2.19. The van der Waals surface area contributed by atoms with Gasteiger partial charge in [-0.05, 0) is 44.5 Å². The molecular weight excluding hydrogens is 332 g/mol. The summed E-state index contributed by atoms with van der Waals surface area (Å²) in [6.07, 6.45) is 2.04. The molecule has 0 aliphatic carbocycles. The lowest BCUT2D eigenvalue weighted by atomic mass is 10.0. The summed E-state index contributed by atoms with van der Waals surface area (Å²) in [6.45, 7) is 7.39. The Kier molecular flexibility index (Phi) is 5.75. The lowest BCUT2D eigenvalue weighted by Crippen LogP contribution is -2.33. The molecule has 0 radical (unpaired) electrons. The minimum Gasteiger partial charge on any atom is -0.314 e. The molecule has 2 rings (SSSR count). The Morgan fingerprint density at radius 3 is 2.45 bits per heavy atom. The summed E-state index contributed by atoms with van der Waals surface area (Å²) in [5, 5.41) is 4.82. The van der Waals surface area contributed by atoms with E-state index in [0.717, 1.165) is 23.9 Å². The Morgan fingerprint density at radius 1 is 1.20 bits per heavy atom. The van der Waals surface area contributed by atoms with Crippen LogP contribution in [0.2, 0.25) is 0 Å². The standard InChI is InChI=1S/C16H21BrN2S/c1-4-18-15(9-13-5-7-14(17)8-6-13)10-16-19-11(2)12(3)20-16/h5-8,15,18H,4,9-10H2,1-3H3. The highest BCUT2D eigenvalue weighted by atomic mass is 79.9. The van der Waals surface area contributed by atoms with E-state index in [0.29, 0.717) is 6.04 Å². The van der Waals surface area contributed by atoms with Gasteiger partial charge in [0, 0.05) is 21.8 Å². The molecule has 0 saturated carbocycles. The third-order valence-electron chi connectivity index (χ3n) is 3.38. The van der Waals surface area contributed by atoms with Crippen molar-refractivity contribution >= 4 is 27.3 Å². The van der Waals surface area contributed by atoms with Crippen LogP contribution in [0.4, 0.5) is 0 Å². The second kappa shape index (κ2) is 7.34. The van der Waals surface area contributed by atoms with Gasteiger partial charge in [-0.1, -0.05) is 35.0 Å². The number of aromatic nitrogens is 1. The summed E-state index contributed by atoms with van der Waals surface area (Å²) in [4.78, 5) is 5.99. The number of benzene rings is 1. The fraction of sp³-hybridized carbons (Fsp3) is 0.438. The van der Waals surface area contributed by atoms with Crippen molar-refractivity contribution in [3.63, 3.8) is 0 Å². The number of nitrogens with zero attached hydrogens (tertiary/aromatic N) is 1. The van der Waals surface area contributed by atoms with Crippen LogP contribution in [0.5, 0.6) is 0 Å². The topological polar surface area (TPSA) is 24.9 Å². The van der Waals surface area contributed by atoms with Gasteiger partial charge < -0.3 is 5.32 Å². The summed E-state index contributed by atoms with van der Waals surface area (Å²) in [5.41, 5.74) is 2.54. The molecule has 2 nitrogen and oxygen atoms in total. The molecule has 0 bridgehead atoms. The van der Waals surface area contributed by atoms with E-state index in [-0.39, 0.29) is 0 Å². The zero-order chi connectivity index (χ0) is 14.5. The van der Waals surface area contributed by atoms with Gasteiger partial charge in [-0.2, -0.15) is 0 Å². The van der Waals surface area contributed by atoms with Crippen molar-refractivity contribution < 1.29 is 0 Å². The third-order valence-corrected chi connectivity index (χ3v) is 5.01. The molecule has 1 aromatic heterocycles. The molecule has 2 aromatic rings. The average Bonchev–Trinajstić information content (AvgIpc) is 2.71. The molecule has 0 saturated heterocycles. The average molecular weight is 353 g/mol. The van der Waals surface area contributed by atoms with E-state index in [9.17, 15) is 0 Å². The Morgan fingerprint density at radius 2 is 1.90 bits per heavy atom. The smallest absolute Gasteiger partial charge is 0.0946 e. The highest BCUT2D eigenvalue weighted by molar-refractivity contribution is 9.10. The van der Waals surface area contributed by atoms with Crippen LogP contribution in [0.1, 0.15) is 28.1 Å². The van der Waals surface area contributed by atoms with Crippen molar-refractivity contribution in [2.24, 2.45) is 0 Å². The van der Waals surface area contributed by atoms with Crippen LogP contribution in [0.15, 0.2) is 28.7 Å². The number of likely N-dealkylation sites (N-methyl/N-ethyl adjacent to an activating group) is 1. The van der Waals surface area contributed by atoms with Gasteiger partial charge in [-0.3, -0.25) is 0 Å². The van der Waals surface area contributed by atoms with Gasteiger partial charge in [0.25, 0.3) is 0 Å². The third kappa shape index (κ3) is 4.40. The van der Waals surface area contributed by atoms with Gasteiger partial charge in [0.1, 0.15) is 0 Å². The molecule has 20 heavy (non-hydrogen) atoms. The Labute approximate surface area is 133 Å². The lowest BCUT2D eigenvalue weighted by Gasteiger charge is -2.16. The summed E-state index contributed by atoms with van der Waals surface area (Å²) >= 11 is 5.31. The number of halogens is 1. The van der Waals surface area contributed by atoms with Crippen LogP contribution < -0.4 is 5.32 Å². The molecule has 108 valence electrons. The SMILES string of the molecule is CCNC(Cc1ccc(Br)cc1)Cc1nc(C)c(C)s1. The van der Waals surface area contributed by atoms with Gasteiger partial charge in [-0.15, -0.1) is 11.3 Å². The van der Waals surface area contributed by atoms with Crippen molar-refractivity contribution in [1.82, 2.24) is 10.3 Å². The van der Waals surface area contributed by atoms with Gasteiger partial charge in [0.2, 0.25) is 0 Å². The molecule has 1 aromatic carbocycles. The van der Waals surface area contributed by atoms with Gasteiger partial charge in [0.05, 0.1) is 10.7 Å². The number of thiazole rings is 1. The van der Waals surface area contributed by atoms with Crippen molar-refractivity contribution in [2.75, 3.05) is 6.54 Å². The molecule has 0 fully saturated rings. The van der Waals surface area contributed by atoms with Gasteiger partial charge >= 0.3 is 0 Å². The van der Waals surface area contributed by atoms with E-state index < -0.39 is 0 Å². The molecule has 1 heterocycles. The molecular formula is C16H21BrN2S. The number of nitrogens with one attached hydrogen (secondary N) is 1. The quantitative estimate of drug-likeness (QED) is 0.838. The second-order valence-electron chi connectivity index (χ2n) is 5.04. The highest BCUT2D eigenvalue weighted by Gasteiger charge is 2.13. The Balaban J connectivity index is 2.04. The van der Waals surface area contributed by atoms with E-state index in [1.807, 2.05) is 11.3 Å². The summed E-state index contributed by atoms with van der Waals surface area (Å²) in [5.74, 6) is 0. The maximum absolute atomic E-state index is 4.66. The minimum atomic E-state index is 0.450. The lowest BCUT2D eigenvalue weighted by molar-refractivity contribution is 0.520. The van der Waals surface area contributed by atoms with Crippen LogP contribution in [-0.4, -0.2) is 17.6 Å². The van der Waals surface area contributed by atoms with Gasteiger partial charge in [0.15, 0.2) is 0 Å². The first-order valence-corrected chi connectivity index (χ1v) is 8.60. The first-order valence-electron chi connectivity index (χ1n) is 6.99. The fourth-order valence-electron chi connectivity index (χ4n) is 2.25. The van der Waals surface area contributed by atoms with E-state index >= 15 is 0 Å². The predicted molar refractivity (Wildman–Crippen MR) is 90.6 cm³/mol. The summed E-state index contributed by atoms with van der Waals surface area (Å²) in [6, 6.07) is 9.04. The van der Waals surface area contributed by atoms with E-state index in [1.165, 1.54) is 21.1 Å². The van der Waals surface area contributed by atoms with E-state index in [4.69, 9.17) is 0 Å². The monoisotopic (exact) mass is 352 g/mol. The second-order valence-corrected chi connectivity index (χ2v) is 7.24. The molecule has 1 atom stereocenters. The van der Waals surface area contributed by atoms with E-state index in [2.05, 4.69) is 71.3 Å². The zero-order valence-corrected chi connectivity index (χ0v) is 14.6. The van der Waals surface area contributed by atoms with Crippen LogP contribution >= 0.6 is 27.3 Å². The van der Waals surface area contributed by atoms with Crippen LogP contribution in [0.25, 0.3) is 0 Å². The van der Waals surface area contributed by atoms with Crippen molar-refractivity contribution in [3.8, 4) is 0 Å². The maximum Gasteiger partial charge on any atom is 0.0946 e. The molecule has 0 spiro atoms. The summed E-state index contributed by atoms with van der Waals surface area (Å²) < 4.78 is 1.13. The zero-order valence-electron chi connectivity index (χ0n) is 12.2. The number of rotatable bonds is 6. The minimum absolute atomic E-state index is 0.450. The fourth-order valence-corrected chi connectivity index (χ4v) is 3.53. The largest absolute Gasteiger partial charge is 0.314 e. The Bertz CT molecular complexity index is 529. The summed E-state index contributed by atoms with van der Waals surface area (Å²) in [7, 11) is 0. The van der Waals surface area contributed by atoms with Crippen LogP contribution in [0.3, 0.4) is 0 Å². The molecule has 0 amide bonds. The van der Waals surface area contributed by atoms with Crippen molar-refractivity contribution in [2.45, 2.75) is 39.7 Å². The first kappa shape index (κ1) is 15.7. The normalized spacial score (nSPS) is 12.6. The molecule has 4 heteroatoms. The van der Waals surface area contributed by atoms with Gasteiger partial charge in [-0.25, -0.2) is 4.98 Å². The predicted octanol–water partition coefficient (Wildman–Crippen LogP) is 4.29. The number of hydrogen-bond acceptors (Lipinski definition) is 3. The molecule has 0 aliphatic rings. The van der Waals surface area contributed by atoms with E-state index in [1.54, 1.807) is 0 Å². The Hall–Kier alpha value is -0.710. The van der Waals surface area contributed by atoms with Crippen molar-refractivity contribution in [1.29, 1.82) is 0 Å². The molecule has 1 N–H and O–H groups in total. The maximum atomic E-state index is 4.66. The molecule has 0 aliphatic heterocycles. The number of hydrogen-bond donors (Lipinski definition) is 1. The first-order chi connectivity index (χ1) is 9.58. The van der Waals surface area contributed by atoms with Crippen LogP contribution in [-0.2, 0) is 12.8 Å². The van der Waals surface area contributed by atoms with Crippen LogP contribution in [0, 0.1) is 13.8 Å².